The maximum absolute atomic E-state index is 13.5. The minimum atomic E-state index is -1.15. The van der Waals surface area contributed by atoms with E-state index in [0.717, 1.165) is 45.2 Å². The summed E-state index contributed by atoms with van der Waals surface area (Å²) in [5.74, 6) is 1.11. The zero-order valence-corrected chi connectivity index (χ0v) is 19.2. The van der Waals surface area contributed by atoms with Gasteiger partial charge in [0, 0.05) is 23.2 Å². The lowest BCUT2D eigenvalue weighted by molar-refractivity contribution is -0.137. The third-order valence-corrected chi connectivity index (χ3v) is 6.96. The van der Waals surface area contributed by atoms with Crippen LogP contribution in [-0.4, -0.2) is 41.1 Å². The van der Waals surface area contributed by atoms with Crippen LogP contribution in [0, 0.1) is 12.7 Å². The van der Waals surface area contributed by atoms with E-state index in [1.165, 1.54) is 12.1 Å². The Hall–Kier alpha value is -3.23. The normalized spacial score (nSPS) is 21.0. The molecule has 0 bridgehead atoms. The number of hydrogen-bond donors (Lipinski definition) is 1. The maximum atomic E-state index is 13.5. The number of aryl methyl sites for hydroxylation is 1. The number of aliphatic hydroxyl groups is 1. The van der Waals surface area contributed by atoms with Gasteiger partial charge in [0.25, 0.3) is 5.72 Å². The molecule has 0 spiro atoms. The third kappa shape index (κ3) is 3.79. The van der Waals surface area contributed by atoms with Gasteiger partial charge in [-0.3, -0.25) is 0 Å². The molecule has 8 heteroatoms. The Morgan fingerprint density at radius 3 is 2.79 bits per heavy atom. The summed E-state index contributed by atoms with van der Waals surface area (Å²) >= 11 is 1.63. The van der Waals surface area contributed by atoms with Gasteiger partial charge in [0.1, 0.15) is 23.2 Å². The number of piperidine rings is 1. The van der Waals surface area contributed by atoms with E-state index in [1.807, 2.05) is 36.2 Å². The highest BCUT2D eigenvalue weighted by molar-refractivity contribution is 7.15. The number of rotatable bonds is 5. The van der Waals surface area contributed by atoms with Gasteiger partial charge in [0.15, 0.2) is 5.84 Å². The highest BCUT2D eigenvalue weighted by Crippen LogP contribution is 2.41. The van der Waals surface area contributed by atoms with Crippen molar-refractivity contribution in [3.05, 3.63) is 76.1 Å². The van der Waals surface area contributed by atoms with E-state index in [4.69, 9.17) is 9.57 Å². The molecule has 0 saturated carbocycles. The average Bonchev–Trinajstić information content (AvgIpc) is 3.44. The van der Waals surface area contributed by atoms with E-state index in [0.29, 0.717) is 17.9 Å². The molecule has 1 unspecified atom stereocenters. The Labute approximate surface area is 195 Å². The summed E-state index contributed by atoms with van der Waals surface area (Å²) in [7, 11) is 1.66. The van der Waals surface area contributed by atoms with E-state index >= 15 is 0 Å². The van der Waals surface area contributed by atoms with Crippen molar-refractivity contribution in [2.45, 2.75) is 25.5 Å². The fourth-order valence-electron chi connectivity index (χ4n) is 4.36. The SMILES string of the molecule is COc1cc(C=C2CCCN3C2=NOC3(CO)c2ccc(F)cc2)ccc1-c1ncc(C)s1. The van der Waals surface area contributed by atoms with Crippen molar-refractivity contribution in [2.24, 2.45) is 5.16 Å². The fraction of sp³-hybridized carbons (Fsp3) is 0.280. The number of halogens is 1. The summed E-state index contributed by atoms with van der Waals surface area (Å²) in [4.78, 5) is 13.4. The number of amidine groups is 1. The molecule has 1 saturated heterocycles. The molecular formula is C25H24FN3O3S. The topological polar surface area (TPSA) is 67.2 Å². The molecule has 5 rings (SSSR count). The molecule has 2 aliphatic heterocycles. The van der Waals surface area contributed by atoms with E-state index in [1.54, 1.807) is 30.6 Å². The Bertz CT molecular complexity index is 1240. The molecule has 0 aliphatic carbocycles. The van der Waals surface area contributed by atoms with Gasteiger partial charge >= 0.3 is 0 Å². The summed E-state index contributed by atoms with van der Waals surface area (Å²) in [5.41, 5.74) is 2.47. The molecule has 0 radical (unpaired) electrons. The smallest absolute Gasteiger partial charge is 0.260 e. The molecule has 33 heavy (non-hydrogen) atoms. The molecule has 1 N–H and O–H groups in total. The van der Waals surface area contributed by atoms with Crippen LogP contribution in [0.4, 0.5) is 4.39 Å². The predicted octanol–water partition coefficient (Wildman–Crippen LogP) is 4.93. The standard InChI is InChI=1S/C25H24FN3O3S/c1-16-14-27-24(33-16)21-10-5-17(13-22(21)31-2)12-18-4-3-11-29-23(18)28-32-25(29,15-30)19-6-8-20(26)9-7-19/h5-10,12-14,30H,3-4,11,15H2,1-2H3. The first kappa shape index (κ1) is 21.6. The van der Waals surface area contributed by atoms with Crippen molar-refractivity contribution < 1.29 is 19.1 Å². The van der Waals surface area contributed by atoms with E-state index in [2.05, 4.69) is 16.2 Å². The second-order valence-corrected chi connectivity index (χ2v) is 9.35. The number of thiazole rings is 1. The number of oxime groups is 1. The second-order valence-electron chi connectivity index (χ2n) is 8.12. The number of ether oxygens (including phenoxy) is 1. The number of fused-ring (bicyclic) bond motifs is 1. The van der Waals surface area contributed by atoms with Gasteiger partial charge < -0.3 is 19.6 Å². The van der Waals surface area contributed by atoms with Crippen LogP contribution in [0.2, 0.25) is 0 Å². The number of methoxy groups -OCH3 is 1. The van der Waals surface area contributed by atoms with Crippen LogP contribution in [0.1, 0.15) is 28.8 Å². The first-order chi connectivity index (χ1) is 16.0. The first-order valence-electron chi connectivity index (χ1n) is 10.8. The van der Waals surface area contributed by atoms with E-state index in [-0.39, 0.29) is 12.4 Å². The zero-order valence-electron chi connectivity index (χ0n) is 18.4. The van der Waals surface area contributed by atoms with Crippen molar-refractivity contribution in [1.82, 2.24) is 9.88 Å². The van der Waals surface area contributed by atoms with Crippen LogP contribution in [-0.2, 0) is 10.6 Å². The minimum absolute atomic E-state index is 0.297. The van der Waals surface area contributed by atoms with Gasteiger partial charge in [-0.2, -0.15) is 0 Å². The molecular weight excluding hydrogens is 441 g/mol. The summed E-state index contributed by atoms with van der Waals surface area (Å²) in [5, 5.41) is 15.6. The lowest BCUT2D eigenvalue weighted by Gasteiger charge is -2.38. The third-order valence-electron chi connectivity index (χ3n) is 6.02. The molecule has 170 valence electrons. The number of hydrogen-bond acceptors (Lipinski definition) is 7. The van der Waals surface area contributed by atoms with Gasteiger partial charge in [0.05, 0.1) is 12.7 Å². The van der Waals surface area contributed by atoms with Crippen LogP contribution < -0.4 is 4.74 Å². The van der Waals surface area contributed by atoms with Crippen LogP contribution in [0.3, 0.4) is 0 Å². The van der Waals surface area contributed by atoms with Gasteiger partial charge in [0.2, 0.25) is 0 Å². The first-order valence-corrected chi connectivity index (χ1v) is 11.6. The van der Waals surface area contributed by atoms with Crippen LogP contribution in [0.15, 0.2) is 59.4 Å². The van der Waals surface area contributed by atoms with Gasteiger partial charge in [-0.05, 0) is 73.4 Å². The summed E-state index contributed by atoms with van der Waals surface area (Å²) in [6.07, 6.45) is 5.65. The van der Waals surface area contributed by atoms with E-state index < -0.39 is 5.72 Å². The highest BCUT2D eigenvalue weighted by atomic mass is 32.1. The van der Waals surface area contributed by atoms with Gasteiger partial charge in [-0.25, -0.2) is 9.37 Å². The minimum Gasteiger partial charge on any atom is -0.496 e. The van der Waals surface area contributed by atoms with Crippen molar-refractivity contribution in [2.75, 3.05) is 20.3 Å². The van der Waals surface area contributed by atoms with Gasteiger partial charge in [-0.1, -0.05) is 11.2 Å². The van der Waals surface area contributed by atoms with Crippen molar-refractivity contribution >= 4 is 23.2 Å². The molecule has 3 aromatic rings. The van der Waals surface area contributed by atoms with Crippen LogP contribution in [0.5, 0.6) is 5.75 Å². The molecule has 1 fully saturated rings. The number of nitrogens with zero attached hydrogens (tertiary/aromatic N) is 3. The lowest BCUT2D eigenvalue weighted by atomic mass is 9.94. The molecule has 2 aromatic carbocycles. The predicted molar refractivity (Wildman–Crippen MR) is 126 cm³/mol. The summed E-state index contributed by atoms with van der Waals surface area (Å²) in [6.45, 7) is 2.42. The average molecular weight is 466 g/mol. The maximum Gasteiger partial charge on any atom is 0.260 e. The van der Waals surface area contributed by atoms with E-state index in [9.17, 15) is 9.50 Å². The summed E-state index contributed by atoms with van der Waals surface area (Å²) in [6, 6.07) is 12.0. The highest BCUT2D eigenvalue weighted by Gasteiger charge is 2.49. The second kappa shape index (κ2) is 8.61. The largest absolute Gasteiger partial charge is 0.496 e. The fourth-order valence-corrected chi connectivity index (χ4v) is 5.16. The van der Waals surface area contributed by atoms with Gasteiger partial charge in [-0.15, -0.1) is 11.3 Å². The number of aliphatic hydroxyl groups excluding tert-OH is 1. The number of benzene rings is 2. The quantitative estimate of drug-likeness (QED) is 0.579. The van der Waals surface area contributed by atoms with Crippen molar-refractivity contribution in [1.29, 1.82) is 0 Å². The van der Waals surface area contributed by atoms with Crippen LogP contribution >= 0.6 is 11.3 Å². The summed E-state index contributed by atoms with van der Waals surface area (Å²) < 4.78 is 19.1. The molecule has 2 aliphatic rings. The monoisotopic (exact) mass is 465 g/mol. The molecule has 3 heterocycles. The Kier molecular flexibility index (Phi) is 5.64. The Balaban J connectivity index is 1.47. The van der Waals surface area contributed by atoms with Crippen LogP contribution in [0.25, 0.3) is 16.6 Å². The van der Waals surface area contributed by atoms with Crippen molar-refractivity contribution in [3.8, 4) is 16.3 Å². The Morgan fingerprint density at radius 1 is 1.27 bits per heavy atom. The molecule has 1 atom stereocenters. The zero-order chi connectivity index (χ0) is 23.0. The molecule has 6 nitrogen and oxygen atoms in total. The Morgan fingerprint density at radius 2 is 2.09 bits per heavy atom. The number of aromatic nitrogens is 1. The molecule has 1 aromatic heterocycles. The molecule has 0 amide bonds. The lowest BCUT2D eigenvalue weighted by Crippen LogP contribution is -2.51. The van der Waals surface area contributed by atoms with Crippen molar-refractivity contribution in [3.63, 3.8) is 0 Å².